The summed E-state index contributed by atoms with van der Waals surface area (Å²) in [5, 5.41) is 0. The molecule has 0 aliphatic heterocycles. The van der Waals surface area contributed by atoms with Crippen molar-refractivity contribution in [2.24, 2.45) is 0 Å². The highest BCUT2D eigenvalue weighted by molar-refractivity contribution is 9.10. The van der Waals surface area contributed by atoms with Gasteiger partial charge in [0.05, 0.1) is 0 Å². The van der Waals surface area contributed by atoms with Crippen LogP contribution in [0.1, 0.15) is 29.9 Å². The molecule has 0 saturated heterocycles. The minimum atomic E-state index is 0.0418. The van der Waals surface area contributed by atoms with Crippen LogP contribution in [-0.4, -0.2) is 4.98 Å². The first-order chi connectivity index (χ1) is 5.70. The predicted octanol–water partition coefficient (Wildman–Crippen LogP) is 2.32. The summed E-state index contributed by atoms with van der Waals surface area (Å²) in [7, 11) is 0. The van der Waals surface area contributed by atoms with Crippen molar-refractivity contribution in [1.82, 2.24) is 4.98 Å². The lowest BCUT2D eigenvalue weighted by molar-refractivity contribution is 1.03. The van der Waals surface area contributed by atoms with Crippen molar-refractivity contribution in [2.75, 3.05) is 0 Å². The third kappa shape index (κ3) is 1.22. The molecule has 0 spiro atoms. The maximum Gasteiger partial charge on any atom is 0.251 e. The molecule has 1 heterocycles. The van der Waals surface area contributed by atoms with E-state index in [9.17, 15) is 4.79 Å². The molecule has 2 nitrogen and oxygen atoms in total. The van der Waals surface area contributed by atoms with Crippen molar-refractivity contribution >= 4 is 15.9 Å². The fourth-order valence-corrected chi connectivity index (χ4v) is 2.23. The second-order valence-corrected chi connectivity index (χ2v) is 4.13. The number of hydrogen-bond donors (Lipinski definition) is 1. The van der Waals surface area contributed by atoms with Crippen LogP contribution in [-0.2, 0) is 0 Å². The number of rotatable bonds is 1. The fraction of sp³-hybridized carbons (Fsp3) is 0.444. The van der Waals surface area contributed by atoms with Gasteiger partial charge in [-0.05, 0) is 47.2 Å². The van der Waals surface area contributed by atoms with Crippen LogP contribution < -0.4 is 5.56 Å². The van der Waals surface area contributed by atoms with Gasteiger partial charge in [0.2, 0.25) is 0 Å². The molecule has 1 aromatic heterocycles. The van der Waals surface area contributed by atoms with Gasteiger partial charge in [-0.1, -0.05) is 0 Å². The van der Waals surface area contributed by atoms with Gasteiger partial charge in [0.25, 0.3) is 5.56 Å². The minimum Gasteiger partial charge on any atom is -0.328 e. The monoisotopic (exact) mass is 227 g/mol. The van der Waals surface area contributed by atoms with Crippen molar-refractivity contribution < 1.29 is 0 Å². The van der Waals surface area contributed by atoms with Gasteiger partial charge in [-0.15, -0.1) is 0 Å². The SMILES string of the molecule is Cc1c(C2CC2)c(Br)c[nH]c1=O. The average Bonchev–Trinajstić information content (AvgIpc) is 2.81. The van der Waals surface area contributed by atoms with Crippen LogP contribution >= 0.6 is 15.9 Å². The summed E-state index contributed by atoms with van der Waals surface area (Å²) in [6, 6.07) is 0. The molecule has 0 amide bonds. The molecule has 1 aliphatic rings. The molecule has 1 fully saturated rings. The minimum absolute atomic E-state index is 0.0418. The number of hydrogen-bond acceptors (Lipinski definition) is 1. The van der Waals surface area contributed by atoms with E-state index in [0.29, 0.717) is 5.92 Å². The van der Waals surface area contributed by atoms with Crippen molar-refractivity contribution in [3.05, 3.63) is 32.2 Å². The first kappa shape index (κ1) is 8.05. The van der Waals surface area contributed by atoms with E-state index in [1.54, 1.807) is 6.20 Å². The quantitative estimate of drug-likeness (QED) is 0.786. The van der Waals surface area contributed by atoms with E-state index >= 15 is 0 Å². The van der Waals surface area contributed by atoms with E-state index < -0.39 is 0 Å². The predicted molar refractivity (Wildman–Crippen MR) is 51.5 cm³/mol. The van der Waals surface area contributed by atoms with Crippen molar-refractivity contribution in [2.45, 2.75) is 25.7 Å². The standard InChI is InChI=1S/C9H10BrNO/c1-5-8(6-2-3-6)7(10)4-11-9(5)12/h4,6H,2-3H2,1H3,(H,11,12). The molecule has 0 unspecified atom stereocenters. The van der Waals surface area contributed by atoms with Gasteiger partial charge >= 0.3 is 0 Å². The lowest BCUT2D eigenvalue weighted by Crippen LogP contribution is -2.11. The van der Waals surface area contributed by atoms with Crippen LogP contribution in [0.3, 0.4) is 0 Å². The van der Waals surface area contributed by atoms with Crippen molar-refractivity contribution in [3.8, 4) is 0 Å². The Balaban J connectivity index is 2.62. The van der Waals surface area contributed by atoms with E-state index in [-0.39, 0.29) is 5.56 Å². The van der Waals surface area contributed by atoms with E-state index in [1.165, 1.54) is 18.4 Å². The molecule has 3 heteroatoms. The highest BCUT2D eigenvalue weighted by Crippen LogP contribution is 2.43. The van der Waals surface area contributed by atoms with Crippen LogP contribution in [0.5, 0.6) is 0 Å². The van der Waals surface area contributed by atoms with Gasteiger partial charge in [-0.3, -0.25) is 4.79 Å². The summed E-state index contributed by atoms with van der Waals surface area (Å²) in [5.41, 5.74) is 2.12. The van der Waals surface area contributed by atoms with E-state index in [0.717, 1.165) is 10.0 Å². The Kier molecular flexibility index (Phi) is 1.83. The largest absolute Gasteiger partial charge is 0.328 e. The summed E-state index contributed by atoms with van der Waals surface area (Å²) in [4.78, 5) is 13.9. The Morgan fingerprint density at radius 1 is 1.58 bits per heavy atom. The smallest absolute Gasteiger partial charge is 0.251 e. The maximum absolute atomic E-state index is 11.2. The lowest BCUT2D eigenvalue weighted by Gasteiger charge is -2.04. The molecular weight excluding hydrogens is 218 g/mol. The molecule has 64 valence electrons. The Hall–Kier alpha value is -0.570. The van der Waals surface area contributed by atoms with Crippen LogP contribution in [0.4, 0.5) is 0 Å². The summed E-state index contributed by atoms with van der Waals surface area (Å²) in [5.74, 6) is 0.627. The zero-order valence-electron chi connectivity index (χ0n) is 6.86. The summed E-state index contributed by atoms with van der Waals surface area (Å²) < 4.78 is 1.04. The van der Waals surface area contributed by atoms with E-state index in [2.05, 4.69) is 20.9 Å². The zero-order chi connectivity index (χ0) is 8.72. The normalized spacial score (nSPS) is 16.5. The second kappa shape index (κ2) is 2.73. The Morgan fingerprint density at radius 3 is 2.83 bits per heavy atom. The van der Waals surface area contributed by atoms with Crippen LogP contribution in [0.2, 0.25) is 0 Å². The van der Waals surface area contributed by atoms with Gasteiger partial charge in [-0.25, -0.2) is 0 Å². The summed E-state index contributed by atoms with van der Waals surface area (Å²) >= 11 is 3.45. The molecule has 0 radical (unpaired) electrons. The molecule has 1 saturated carbocycles. The summed E-state index contributed by atoms with van der Waals surface area (Å²) in [6.07, 6.45) is 4.19. The van der Waals surface area contributed by atoms with Crippen molar-refractivity contribution in [1.29, 1.82) is 0 Å². The average molecular weight is 228 g/mol. The molecule has 0 aromatic carbocycles. The van der Waals surface area contributed by atoms with E-state index in [1.807, 2.05) is 6.92 Å². The summed E-state index contributed by atoms with van der Waals surface area (Å²) in [6.45, 7) is 1.89. The van der Waals surface area contributed by atoms with Gasteiger partial charge in [0.1, 0.15) is 0 Å². The van der Waals surface area contributed by atoms with Gasteiger partial charge < -0.3 is 4.98 Å². The Morgan fingerprint density at radius 2 is 2.25 bits per heavy atom. The molecular formula is C9H10BrNO. The van der Waals surface area contributed by atoms with Gasteiger partial charge in [0.15, 0.2) is 0 Å². The molecule has 0 atom stereocenters. The number of halogens is 1. The van der Waals surface area contributed by atoms with Crippen LogP contribution in [0.15, 0.2) is 15.5 Å². The first-order valence-corrected chi connectivity index (χ1v) is 4.87. The second-order valence-electron chi connectivity index (χ2n) is 3.28. The Labute approximate surface area is 79.1 Å². The molecule has 1 aromatic rings. The number of nitrogens with one attached hydrogen (secondary N) is 1. The number of pyridine rings is 1. The molecule has 1 N–H and O–H groups in total. The van der Waals surface area contributed by atoms with Crippen LogP contribution in [0, 0.1) is 6.92 Å². The molecule has 1 aliphatic carbocycles. The highest BCUT2D eigenvalue weighted by Gasteiger charge is 2.27. The topological polar surface area (TPSA) is 32.9 Å². The van der Waals surface area contributed by atoms with Crippen molar-refractivity contribution in [3.63, 3.8) is 0 Å². The molecule has 12 heavy (non-hydrogen) atoms. The number of aromatic nitrogens is 1. The number of aromatic amines is 1. The molecule has 0 bridgehead atoms. The third-order valence-electron chi connectivity index (χ3n) is 2.32. The highest BCUT2D eigenvalue weighted by atomic mass is 79.9. The lowest BCUT2D eigenvalue weighted by atomic mass is 10.1. The fourth-order valence-electron chi connectivity index (χ4n) is 1.49. The van der Waals surface area contributed by atoms with E-state index in [4.69, 9.17) is 0 Å². The van der Waals surface area contributed by atoms with Gasteiger partial charge in [0, 0.05) is 16.2 Å². The third-order valence-corrected chi connectivity index (χ3v) is 2.97. The number of H-pyrrole nitrogens is 1. The zero-order valence-corrected chi connectivity index (χ0v) is 8.44. The van der Waals surface area contributed by atoms with Crippen LogP contribution in [0.25, 0.3) is 0 Å². The molecule has 2 rings (SSSR count). The maximum atomic E-state index is 11.2. The van der Waals surface area contributed by atoms with Gasteiger partial charge in [-0.2, -0.15) is 0 Å². The first-order valence-electron chi connectivity index (χ1n) is 4.08. The Bertz CT molecular complexity index is 365.